The number of aryl methyl sites for hydroxylation is 1. The van der Waals surface area contributed by atoms with Gasteiger partial charge in [0.15, 0.2) is 0 Å². The van der Waals surface area contributed by atoms with Gasteiger partial charge >= 0.3 is 0 Å². The number of rotatable bonds is 7. The lowest BCUT2D eigenvalue weighted by Gasteiger charge is -2.11. The molecule has 0 radical (unpaired) electrons. The highest BCUT2D eigenvalue weighted by Crippen LogP contribution is 2.36. The molecular formula is C27H22N2O3S. The number of aromatic nitrogens is 1. The standard InChI is InChI=1S/C27H22N2O3S/c30-26-25(33-27(31)29(26)21-10-3-1-4-11-21)18-20-19-28(24-15-8-7-14-23(20)24)16-9-17-32-22-12-5-2-6-13-22/h1-8,10-15,18-19H,9,16-17H2/b25-18-. The van der Waals surface area contributed by atoms with Crippen molar-refractivity contribution in [2.45, 2.75) is 13.0 Å². The Morgan fingerprint density at radius 1 is 0.848 bits per heavy atom. The molecule has 164 valence electrons. The highest BCUT2D eigenvalue weighted by atomic mass is 32.2. The molecule has 0 atom stereocenters. The molecule has 2 heterocycles. The highest BCUT2D eigenvalue weighted by Gasteiger charge is 2.36. The number of nitrogens with zero attached hydrogens (tertiary/aromatic N) is 2. The lowest BCUT2D eigenvalue weighted by atomic mass is 10.1. The number of carbonyl (C=O) groups is 2. The van der Waals surface area contributed by atoms with Gasteiger partial charge in [-0.05, 0) is 54.6 Å². The predicted octanol–water partition coefficient (Wildman–Crippen LogP) is 6.35. The number of thioether (sulfide) groups is 1. The van der Waals surface area contributed by atoms with Gasteiger partial charge in [-0.15, -0.1) is 0 Å². The van der Waals surface area contributed by atoms with Crippen LogP contribution in [0.4, 0.5) is 10.5 Å². The summed E-state index contributed by atoms with van der Waals surface area (Å²) in [4.78, 5) is 27.2. The Balaban J connectivity index is 1.36. The molecule has 5 rings (SSSR count). The molecule has 33 heavy (non-hydrogen) atoms. The molecule has 3 aromatic carbocycles. The van der Waals surface area contributed by atoms with Crippen molar-refractivity contribution >= 4 is 45.6 Å². The van der Waals surface area contributed by atoms with Crippen LogP contribution in [-0.4, -0.2) is 22.3 Å². The van der Waals surface area contributed by atoms with E-state index in [1.807, 2.05) is 79.0 Å². The van der Waals surface area contributed by atoms with E-state index in [1.165, 1.54) is 4.90 Å². The second-order valence-electron chi connectivity index (χ2n) is 7.66. The Labute approximate surface area is 196 Å². The van der Waals surface area contributed by atoms with E-state index in [-0.39, 0.29) is 11.1 Å². The summed E-state index contributed by atoms with van der Waals surface area (Å²) in [7, 11) is 0. The maximum atomic E-state index is 13.0. The maximum absolute atomic E-state index is 13.0. The first-order valence-electron chi connectivity index (χ1n) is 10.8. The van der Waals surface area contributed by atoms with Crippen LogP contribution < -0.4 is 9.64 Å². The van der Waals surface area contributed by atoms with Crippen LogP contribution in [0.3, 0.4) is 0 Å². The molecule has 0 bridgehead atoms. The summed E-state index contributed by atoms with van der Waals surface area (Å²) in [6.07, 6.45) is 4.72. The minimum absolute atomic E-state index is 0.278. The van der Waals surface area contributed by atoms with E-state index in [4.69, 9.17) is 4.74 Å². The number of carbonyl (C=O) groups excluding carboxylic acids is 2. The minimum Gasteiger partial charge on any atom is -0.494 e. The molecular weight excluding hydrogens is 432 g/mol. The van der Waals surface area contributed by atoms with E-state index >= 15 is 0 Å². The van der Waals surface area contributed by atoms with Gasteiger partial charge in [0.2, 0.25) is 0 Å². The van der Waals surface area contributed by atoms with Gasteiger partial charge in [0.1, 0.15) is 5.75 Å². The van der Waals surface area contributed by atoms with Crippen LogP contribution in [0.15, 0.2) is 96.0 Å². The number of imide groups is 1. The largest absolute Gasteiger partial charge is 0.494 e. The third-order valence-electron chi connectivity index (χ3n) is 5.47. The van der Waals surface area contributed by atoms with Gasteiger partial charge < -0.3 is 9.30 Å². The number of fused-ring (bicyclic) bond motifs is 1. The summed E-state index contributed by atoms with van der Waals surface area (Å²) in [6, 6.07) is 26.9. The number of amides is 2. The SMILES string of the molecule is O=C1S/C(=C\c2cn(CCCOc3ccccc3)c3ccccc23)C(=O)N1c1ccccc1. The Kier molecular flexibility index (Phi) is 6.00. The van der Waals surface area contributed by atoms with Crippen LogP contribution in [-0.2, 0) is 11.3 Å². The fraction of sp³-hybridized carbons (Fsp3) is 0.111. The number of para-hydroxylation sites is 3. The van der Waals surface area contributed by atoms with Gasteiger partial charge in [0.25, 0.3) is 11.1 Å². The topological polar surface area (TPSA) is 51.5 Å². The molecule has 1 saturated heterocycles. The van der Waals surface area contributed by atoms with Gasteiger partial charge in [0.05, 0.1) is 17.2 Å². The highest BCUT2D eigenvalue weighted by molar-refractivity contribution is 8.19. The lowest BCUT2D eigenvalue weighted by Crippen LogP contribution is -2.27. The summed E-state index contributed by atoms with van der Waals surface area (Å²) < 4.78 is 8.00. The number of ether oxygens (including phenoxy) is 1. The fourth-order valence-electron chi connectivity index (χ4n) is 3.93. The van der Waals surface area contributed by atoms with E-state index in [0.29, 0.717) is 17.2 Å². The van der Waals surface area contributed by atoms with Crippen molar-refractivity contribution in [3.8, 4) is 5.75 Å². The quantitative estimate of drug-likeness (QED) is 0.241. The van der Waals surface area contributed by atoms with Gasteiger partial charge in [-0.25, -0.2) is 4.90 Å². The predicted molar refractivity (Wildman–Crippen MR) is 133 cm³/mol. The van der Waals surface area contributed by atoms with E-state index in [9.17, 15) is 9.59 Å². The van der Waals surface area contributed by atoms with Gasteiger partial charge in [-0.2, -0.15) is 0 Å². The molecule has 0 aliphatic carbocycles. The smallest absolute Gasteiger partial charge is 0.298 e. The maximum Gasteiger partial charge on any atom is 0.298 e. The number of hydrogen-bond acceptors (Lipinski definition) is 4. The van der Waals surface area contributed by atoms with Crippen molar-refractivity contribution < 1.29 is 14.3 Å². The Morgan fingerprint density at radius 2 is 1.55 bits per heavy atom. The van der Waals surface area contributed by atoms with Crippen LogP contribution in [0.1, 0.15) is 12.0 Å². The van der Waals surface area contributed by atoms with Crippen LogP contribution in [0.5, 0.6) is 5.75 Å². The van der Waals surface area contributed by atoms with Crippen molar-refractivity contribution in [3.63, 3.8) is 0 Å². The van der Waals surface area contributed by atoms with E-state index < -0.39 is 0 Å². The number of benzene rings is 3. The average Bonchev–Trinajstić information content (AvgIpc) is 3.34. The fourth-order valence-corrected chi connectivity index (χ4v) is 4.76. The van der Waals surface area contributed by atoms with Crippen LogP contribution >= 0.6 is 11.8 Å². The number of hydrogen-bond donors (Lipinski definition) is 0. The molecule has 2 amide bonds. The Bertz CT molecular complexity index is 1330. The zero-order chi connectivity index (χ0) is 22.6. The van der Waals surface area contributed by atoms with E-state index in [0.717, 1.165) is 46.9 Å². The summed E-state index contributed by atoms with van der Waals surface area (Å²) in [5, 5.41) is 0.771. The molecule has 0 spiro atoms. The number of anilines is 1. The van der Waals surface area contributed by atoms with Crippen molar-refractivity contribution in [1.29, 1.82) is 0 Å². The first kappa shape index (κ1) is 21.1. The van der Waals surface area contributed by atoms with Crippen molar-refractivity contribution in [2.24, 2.45) is 0 Å². The van der Waals surface area contributed by atoms with Gasteiger partial charge in [-0.1, -0.05) is 54.6 Å². The second kappa shape index (κ2) is 9.38. The molecule has 0 unspecified atom stereocenters. The molecule has 0 N–H and O–H groups in total. The molecule has 0 saturated carbocycles. The van der Waals surface area contributed by atoms with E-state index in [2.05, 4.69) is 10.6 Å². The summed E-state index contributed by atoms with van der Waals surface area (Å²) in [5.41, 5.74) is 2.60. The van der Waals surface area contributed by atoms with Gasteiger partial charge in [0, 0.05) is 29.2 Å². The van der Waals surface area contributed by atoms with Crippen LogP contribution in [0, 0.1) is 0 Å². The first-order valence-corrected chi connectivity index (χ1v) is 11.6. The Morgan fingerprint density at radius 3 is 2.33 bits per heavy atom. The normalized spacial score (nSPS) is 15.0. The van der Waals surface area contributed by atoms with Crippen molar-refractivity contribution in [1.82, 2.24) is 4.57 Å². The average molecular weight is 455 g/mol. The molecule has 1 fully saturated rings. The minimum atomic E-state index is -0.288. The molecule has 4 aromatic rings. The summed E-state index contributed by atoms with van der Waals surface area (Å²) in [6.45, 7) is 1.40. The molecule has 1 aliphatic rings. The molecule has 1 aromatic heterocycles. The third-order valence-corrected chi connectivity index (χ3v) is 6.34. The zero-order valence-electron chi connectivity index (χ0n) is 17.9. The van der Waals surface area contributed by atoms with Crippen LogP contribution in [0.25, 0.3) is 17.0 Å². The van der Waals surface area contributed by atoms with E-state index in [1.54, 1.807) is 12.1 Å². The third kappa shape index (κ3) is 4.43. The van der Waals surface area contributed by atoms with Gasteiger partial charge in [-0.3, -0.25) is 9.59 Å². The second-order valence-corrected chi connectivity index (χ2v) is 8.66. The van der Waals surface area contributed by atoms with Crippen LogP contribution in [0.2, 0.25) is 0 Å². The zero-order valence-corrected chi connectivity index (χ0v) is 18.7. The summed E-state index contributed by atoms with van der Waals surface area (Å²) in [5.74, 6) is 0.578. The van der Waals surface area contributed by atoms with Crippen molar-refractivity contribution in [3.05, 3.63) is 102 Å². The lowest BCUT2D eigenvalue weighted by molar-refractivity contribution is -0.113. The molecule has 6 heteroatoms. The monoisotopic (exact) mass is 454 g/mol. The first-order chi connectivity index (χ1) is 16.2. The Hall–Kier alpha value is -3.77. The molecule has 1 aliphatic heterocycles. The molecule has 5 nitrogen and oxygen atoms in total. The van der Waals surface area contributed by atoms with Crippen molar-refractivity contribution in [2.75, 3.05) is 11.5 Å². The summed E-state index contributed by atoms with van der Waals surface area (Å²) >= 11 is 0.978.